The Morgan fingerprint density at radius 1 is 1.00 bits per heavy atom. The maximum atomic E-state index is 12.7. The van der Waals surface area contributed by atoms with Gasteiger partial charge in [0.05, 0.1) is 36.7 Å². The number of ether oxygens (including phenoxy) is 2. The van der Waals surface area contributed by atoms with Gasteiger partial charge in [-0.3, -0.25) is 14.6 Å². The summed E-state index contributed by atoms with van der Waals surface area (Å²) < 4.78 is 12.5. The van der Waals surface area contributed by atoms with Crippen molar-refractivity contribution in [2.24, 2.45) is 5.92 Å². The summed E-state index contributed by atoms with van der Waals surface area (Å²) in [5.74, 6) is -0.378. The molecule has 0 aliphatic carbocycles. The van der Waals surface area contributed by atoms with Gasteiger partial charge in [0.25, 0.3) is 0 Å². The van der Waals surface area contributed by atoms with E-state index in [0.29, 0.717) is 31.4 Å². The molecule has 0 bridgehead atoms. The zero-order valence-corrected chi connectivity index (χ0v) is 21.2. The van der Waals surface area contributed by atoms with E-state index in [4.69, 9.17) is 9.47 Å². The Morgan fingerprint density at radius 3 is 2.40 bits per heavy atom. The highest BCUT2D eigenvalue weighted by atomic mass is 16.5. The Labute approximate surface area is 208 Å². The standard InChI is InChI=1S/C27H38N4O4/c1-4-34-26(32)21-7-6-14-30(18-21)22-12-15-29(16-13-22)19-25-24(27(33)35-5-2)17-28-31(25)23-10-8-20(3)9-11-23/h8-11,17,21-22H,4-7,12-16,18-19H2,1-3H3/t21-/m1/s1. The van der Waals surface area contributed by atoms with Gasteiger partial charge in [0.1, 0.15) is 5.56 Å². The minimum atomic E-state index is -0.325. The molecule has 4 rings (SSSR count). The van der Waals surface area contributed by atoms with Crippen molar-refractivity contribution in [2.75, 3.05) is 39.4 Å². The number of esters is 2. The van der Waals surface area contributed by atoms with E-state index >= 15 is 0 Å². The largest absolute Gasteiger partial charge is 0.466 e. The van der Waals surface area contributed by atoms with Crippen LogP contribution in [-0.4, -0.2) is 77.0 Å². The van der Waals surface area contributed by atoms with Gasteiger partial charge in [0, 0.05) is 32.2 Å². The summed E-state index contributed by atoms with van der Waals surface area (Å²) in [6, 6.07) is 8.65. The maximum absolute atomic E-state index is 12.7. The number of aromatic nitrogens is 2. The van der Waals surface area contributed by atoms with Crippen LogP contribution < -0.4 is 0 Å². The van der Waals surface area contributed by atoms with Crippen LogP contribution in [-0.2, 0) is 20.8 Å². The molecular formula is C27H38N4O4. The molecule has 1 aromatic heterocycles. The predicted octanol–water partition coefficient (Wildman–Crippen LogP) is 3.60. The molecule has 0 saturated carbocycles. The molecule has 8 nitrogen and oxygen atoms in total. The van der Waals surface area contributed by atoms with E-state index in [1.54, 1.807) is 6.20 Å². The fourth-order valence-electron chi connectivity index (χ4n) is 5.26. The lowest BCUT2D eigenvalue weighted by Crippen LogP contribution is -2.49. The molecule has 0 radical (unpaired) electrons. The van der Waals surface area contributed by atoms with Crippen molar-refractivity contribution in [2.45, 2.75) is 59.0 Å². The lowest BCUT2D eigenvalue weighted by molar-refractivity contribution is -0.150. The number of hydrogen-bond donors (Lipinski definition) is 0. The first-order valence-electron chi connectivity index (χ1n) is 12.9. The number of hydrogen-bond acceptors (Lipinski definition) is 7. The highest BCUT2D eigenvalue weighted by molar-refractivity contribution is 5.90. The molecule has 190 valence electrons. The molecule has 1 aromatic carbocycles. The first-order valence-corrected chi connectivity index (χ1v) is 12.9. The van der Waals surface area contributed by atoms with Gasteiger partial charge in [0.2, 0.25) is 0 Å². The SMILES string of the molecule is CCOC(=O)c1cnn(-c2ccc(C)cc2)c1CN1CCC(N2CCC[C@@H](C(=O)OCC)C2)CC1. The summed E-state index contributed by atoms with van der Waals surface area (Å²) in [6.07, 6.45) is 5.69. The molecule has 0 unspecified atom stereocenters. The van der Waals surface area contributed by atoms with E-state index in [1.165, 1.54) is 5.56 Å². The van der Waals surface area contributed by atoms with E-state index in [0.717, 1.165) is 63.2 Å². The molecule has 0 N–H and O–H groups in total. The predicted molar refractivity (Wildman–Crippen MR) is 133 cm³/mol. The lowest BCUT2D eigenvalue weighted by Gasteiger charge is -2.41. The van der Waals surface area contributed by atoms with Crippen LogP contribution in [0.4, 0.5) is 0 Å². The normalized spacial score (nSPS) is 20.0. The molecule has 35 heavy (non-hydrogen) atoms. The second-order valence-corrected chi connectivity index (χ2v) is 9.57. The third-order valence-corrected chi connectivity index (χ3v) is 7.16. The second kappa shape index (κ2) is 11.8. The summed E-state index contributed by atoms with van der Waals surface area (Å²) in [6.45, 7) is 10.9. The van der Waals surface area contributed by atoms with Crippen molar-refractivity contribution in [1.82, 2.24) is 19.6 Å². The molecule has 3 heterocycles. The average molecular weight is 483 g/mol. The molecule has 1 atom stereocenters. The van der Waals surface area contributed by atoms with Crippen LogP contribution in [0.2, 0.25) is 0 Å². The monoisotopic (exact) mass is 482 g/mol. The molecule has 2 saturated heterocycles. The Balaban J connectivity index is 1.43. The summed E-state index contributed by atoms with van der Waals surface area (Å²) in [5.41, 5.74) is 3.52. The molecular weight excluding hydrogens is 444 g/mol. The van der Waals surface area contributed by atoms with Gasteiger partial charge in [-0.15, -0.1) is 0 Å². The number of likely N-dealkylation sites (tertiary alicyclic amines) is 2. The number of aryl methyl sites for hydroxylation is 1. The molecule has 0 spiro atoms. The van der Waals surface area contributed by atoms with Gasteiger partial charge in [-0.2, -0.15) is 5.10 Å². The van der Waals surface area contributed by atoms with Crippen LogP contribution >= 0.6 is 0 Å². The fraction of sp³-hybridized carbons (Fsp3) is 0.593. The third-order valence-electron chi connectivity index (χ3n) is 7.16. The Kier molecular flexibility index (Phi) is 8.57. The summed E-state index contributed by atoms with van der Waals surface area (Å²) >= 11 is 0. The van der Waals surface area contributed by atoms with Gasteiger partial charge in [-0.05, 0) is 65.1 Å². The van der Waals surface area contributed by atoms with Crippen molar-refractivity contribution >= 4 is 11.9 Å². The summed E-state index contributed by atoms with van der Waals surface area (Å²) in [7, 11) is 0. The van der Waals surface area contributed by atoms with Crippen LogP contribution in [0.15, 0.2) is 30.5 Å². The van der Waals surface area contributed by atoms with Crippen molar-refractivity contribution in [3.63, 3.8) is 0 Å². The van der Waals surface area contributed by atoms with E-state index < -0.39 is 0 Å². The van der Waals surface area contributed by atoms with E-state index in [2.05, 4.69) is 34.0 Å². The lowest BCUT2D eigenvalue weighted by atomic mass is 9.94. The average Bonchev–Trinajstić information content (AvgIpc) is 3.29. The number of piperidine rings is 2. The molecule has 2 aliphatic heterocycles. The van der Waals surface area contributed by atoms with Gasteiger partial charge >= 0.3 is 11.9 Å². The molecule has 8 heteroatoms. The van der Waals surface area contributed by atoms with Gasteiger partial charge in [-0.1, -0.05) is 17.7 Å². The van der Waals surface area contributed by atoms with Crippen LogP contribution in [0.25, 0.3) is 5.69 Å². The maximum Gasteiger partial charge on any atom is 0.341 e. The first-order chi connectivity index (χ1) is 17.0. The summed E-state index contributed by atoms with van der Waals surface area (Å²) in [5, 5.41) is 4.55. The number of benzene rings is 1. The van der Waals surface area contributed by atoms with Crippen LogP contribution in [0.3, 0.4) is 0 Å². The third kappa shape index (κ3) is 6.11. The van der Waals surface area contributed by atoms with Gasteiger partial charge in [-0.25, -0.2) is 9.48 Å². The zero-order chi connectivity index (χ0) is 24.8. The van der Waals surface area contributed by atoms with Crippen molar-refractivity contribution in [1.29, 1.82) is 0 Å². The highest BCUT2D eigenvalue weighted by Gasteiger charge is 2.33. The topological polar surface area (TPSA) is 76.9 Å². The van der Waals surface area contributed by atoms with Gasteiger partial charge < -0.3 is 9.47 Å². The minimum absolute atomic E-state index is 0.00211. The zero-order valence-electron chi connectivity index (χ0n) is 21.2. The van der Waals surface area contributed by atoms with Crippen LogP contribution in [0, 0.1) is 12.8 Å². The molecule has 2 aromatic rings. The first kappa shape index (κ1) is 25.4. The number of rotatable bonds is 8. The molecule has 0 amide bonds. The van der Waals surface area contributed by atoms with Crippen molar-refractivity contribution < 1.29 is 19.1 Å². The van der Waals surface area contributed by atoms with Gasteiger partial charge in [0.15, 0.2) is 0 Å². The Morgan fingerprint density at radius 2 is 1.71 bits per heavy atom. The number of carbonyl (C=O) groups excluding carboxylic acids is 2. The second-order valence-electron chi connectivity index (χ2n) is 9.57. The number of carbonyl (C=O) groups is 2. The quantitative estimate of drug-likeness (QED) is 0.532. The van der Waals surface area contributed by atoms with E-state index in [9.17, 15) is 9.59 Å². The van der Waals surface area contributed by atoms with E-state index in [1.807, 2.05) is 30.7 Å². The van der Waals surface area contributed by atoms with Crippen molar-refractivity contribution in [3.05, 3.63) is 47.3 Å². The Bertz CT molecular complexity index is 995. The van der Waals surface area contributed by atoms with Crippen LogP contribution in [0.1, 0.15) is 61.1 Å². The van der Waals surface area contributed by atoms with Crippen molar-refractivity contribution in [3.8, 4) is 5.69 Å². The molecule has 2 aliphatic rings. The molecule has 2 fully saturated rings. The summed E-state index contributed by atoms with van der Waals surface area (Å²) in [4.78, 5) is 29.8. The smallest absolute Gasteiger partial charge is 0.341 e. The Hall–Kier alpha value is -2.71. The van der Waals surface area contributed by atoms with Crippen LogP contribution in [0.5, 0.6) is 0 Å². The highest BCUT2D eigenvalue weighted by Crippen LogP contribution is 2.26. The van der Waals surface area contributed by atoms with E-state index in [-0.39, 0.29) is 17.9 Å². The minimum Gasteiger partial charge on any atom is -0.466 e. The fourth-order valence-corrected chi connectivity index (χ4v) is 5.26. The number of nitrogens with zero attached hydrogens (tertiary/aromatic N) is 4.